The molecule has 2 fully saturated rings. The van der Waals surface area contributed by atoms with Crippen molar-refractivity contribution in [2.24, 2.45) is 0 Å². The fourth-order valence-electron chi connectivity index (χ4n) is 5.32. The van der Waals surface area contributed by atoms with Gasteiger partial charge in [-0.2, -0.15) is 0 Å². The summed E-state index contributed by atoms with van der Waals surface area (Å²) < 4.78 is 11.7. The first kappa shape index (κ1) is 25.7. The number of nitrogens with zero attached hydrogens (tertiary/aromatic N) is 2. The average molecular weight is 530 g/mol. The number of amides is 2. The van der Waals surface area contributed by atoms with Crippen molar-refractivity contribution >= 4 is 50.9 Å². The Morgan fingerprint density at radius 1 is 1.22 bits per heavy atom. The molecule has 0 saturated carbocycles. The Hall–Kier alpha value is -2.92. The number of hydrogen-bond donors (Lipinski definition) is 3. The fourth-order valence-corrected chi connectivity index (χ4v) is 5.52. The maximum atomic E-state index is 13.6. The predicted molar refractivity (Wildman–Crippen MR) is 142 cm³/mol. The highest BCUT2D eigenvalue weighted by molar-refractivity contribution is 6.32. The lowest BCUT2D eigenvalue weighted by molar-refractivity contribution is -0.156. The molecule has 3 atom stereocenters. The van der Waals surface area contributed by atoms with Crippen LogP contribution >= 0.6 is 11.6 Å². The number of pyridine rings is 1. The Labute approximate surface area is 219 Å². The van der Waals surface area contributed by atoms with Crippen LogP contribution in [0.5, 0.6) is 0 Å². The normalized spacial score (nSPS) is 24.5. The molecule has 3 N–H and O–H groups in total. The number of H-pyrrole nitrogens is 2. The van der Waals surface area contributed by atoms with Crippen molar-refractivity contribution in [2.75, 3.05) is 38.1 Å². The molecule has 2 aliphatic heterocycles. The molecule has 2 saturated heterocycles. The van der Waals surface area contributed by atoms with E-state index in [1.807, 2.05) is 38.7 Å². The van der Waals surface area contributed by atoms with E-state index in [-0.39, 0.29) is 42.0 Å². The van der Waals surface area contributed by atoms with Gasteiger partial charge in [-0.25, -0.2) is 0 Å². The maximum absolute atomic E-state index is 13.6. The number of aromatic nitrogens is 2. The molecule has 10 nitrogen and oxygen atoms in total. The van der Waals surface area contributed by atoms with Crippen LogP contribution < -0.4 is 10.7 Å². The molecule has 5 rings (SSSR count). The molecule has 0 aliphatic carbocycles. The summed E-state index contributed by atoms with van der Waals surface area (Å²) in [5.41, 5.74) is 0.334. The second-order valence-corrected chi connectivity index (χ2v) is 11.0. The molecule has 3 aromatic rings. The van der Waals surface area contributed by atoms with Crippen LogP contribution in [-0.2, 0) is 19.1 Å². The maximum Gasteiger partial charge on any atom is 0.244 e. The zero-order valence-corrected chi connectivity index (χ0v) is 22.1. The predicted octanol–water partition coefficient (Wildman–Crippen LogP) is 2.72. The van der Waals surface area contributed by atoms with Gasteiger partial charge in [0.25, 0.3) is 0 Å². The summed E-state index contributed by atoms with van der Waals surface area (Å²) in [7, 11) is 0. The smallest absolute Gasteiger partial charge is 0.244 e. The average Bonchev–Trinajstić information content (AvgIpc) is 3.19. The number of morpholine rings is 2. The van der Waals surface area contributed by atoms with Gasteiger partial charge >= 0.3 is 0 Å². The highest BCUT2D eigenvalue weighted by Gasteiger charge is 2.40. The lowest BCUT2D eigenvalue weighted by Crippen LogP contribution is -2.61. The van der Waals surface area contributed by atoms with Crippen LogP contribution in [0.1, 0.15) is 27.7 Å². The molecule has 198 valence electrons. The molecule has 2 aliphatic rings. The minimum absolute atomic E-state index is 0.0140. The zero-order chi connectivity index (χ0) is 26.5. The van der Waals surface area contributed by atoms with E-state index in [0.29, 0.717) is 25.2 Å². The van der Waals surface area contributed by atoms with E-state index in [1.165, 1.54) is 0 Å². The number of hydrogen-bond acceptors (Lipinski definition) is 6. The number of nitrogens with one attached hydrogen (secondary N) is 3. The fraction of sp³-hybridized carbons (Fsp3) is 0.500. The van der Waals surface area contributed by atoms with Gasteiger partial charge in [0, 0.05) is 42.8 Å². The van der Waals surface area contributed by atoms with Gasteiger partial charge in [-0.3, -0.25) is 19.3 Å². The van der Waals surface area contributed by atoms with Crippen molar-refractivity contribution in [2.45, 2.75) is 51.5 Å². The van der Waals surface area contributed by atoms with Crippen molar-refractivity contribution in [3.8, 4) is 0 Å². The van der Waals surface area contributed by atoms with E-state index in [4.69, 9.17) is 21.1 Å². The standard InChI is InChI=1S/C26H32ClN5O5/c1-14-9-31(10-15(2)37-14)21(33)11-32-13-26(3,4)36-12-20(32)25(35)30-23-22-17(7-18(27)24(23)34)16-5-6-28-8-19(16)29-22/h5-8,14-15,20,28-29H,9-13H2,1-4H3,(H,30,35)/t14-,15+,20-/m0/s1. The Balaban J connectivity index is 1.42. The van der Waals surface area contributed by atoms with Crippen molar-refractivity contribution in [3.05, 3.63) is 39.8 Å². The first-order chi connectivity index (χ1) is 17.5. The van der Waals surface area contributed by atoms with Crippen molar-refractivity contribution < 1.29 is 19.1 Å². The molecular weight excluding hydrogens is 498 g/mol. The van der Waals surface area contributed by atoms with E-state index in [0.717, 1.165) is 16.3 Å². The number of fused-ring (bicyclic) bond motifs is 3. The highest BCUT2D eigenvalue weighted by atomic mass is 35.5. The summed E-state index contributed by atoms with van der Waals surface area (Å²) in [4.78, 5) is 49.7. The van der Waals surface area contributed by atoms with Gasteiger partial charge in [-0.1, -0.05) is 11.6 Å². The van der Waals surface area contributed by atoms with Crippen LogP contribution in [-0.4, -0.2) is 88.2 Å². The number of ether oxygens (including phenoxy) is 2. The van der Waals surface area contributed by atoms with Crippen LogP contribution in [0.4, 0.5) is 5.69 Å². The van der Waals surface area contributed by atoms with Crippen molar-refractivity contribution in [1.82, 2.24) is 19.8 Å². The first-order valence-corrected chi connectivity index (χ1v) is 12.8. The summed E-state index contributed by atoms with van der Waals surface area (Å²) in [5, 5.41) is 4.42. The van der Waals surface area contributed by atoms with Crippen LogP contribution in [0.15, 0.2) is 29.3 Å². The Bertz CT molecular complexity index is 1410. The van der Waals surface area contributed by atoms with Gasteiger partial charge in [0.05, 0.1) is 47.0 Å². The summed E-state index contributed by atoms with van der Waals surface area (Å²) in [6.07, 6.45) is 3.45. The SMILES string of the molecule is C[C@@H]1CN(C(=O)CN2CC(C)(C)OC[C@H]2C(=O)Nc2c(=O)c(Cl)cc3c2[nH]c2c[nH]ccc23)C[C@H](C)O1. The van der Waals surface area contributed by atoms with Gasteiger partial charge in [-0.05, 0) is 39.8 Å². The molecule has 0 bridgehead atoms. The molecule has 1 aromatic carbocycles. The van der Waals surface area contributed by atoms with Gasteiger partial charge in [0.15, 0.2) is 0 Å². The summed E-state index contributed by atoms with van der Waals surface area (Å²) in [6.45, 7) is 9.27. The highest BCUT2D eigenvalue weighted by Crippen LogP contribution is 2.31. The molecule has 2 aromatic heterocycles. The van der Waals surface area contributed by atoms with Gasteiger partial charge < -0.3 is 29.7 Å². The lowest BCUT2D eigenvalue weighted by atomic mass is 10.0. The van der Waals surface area contributed by atoms with Crippen LogP contribution in [0.2, 0.25) is 5.02 Å². The number of anilines is 1. The summed E-state index contributed by atoms with van der Waals surface area (Å²) in [5.74, 6) is -0.503. The minimum Gasteiger partial charge on any atom is -0.372 e. The van der Waals surface area contributed by atoms with Gasteiger partial charge in [-0.15, -0.1) is 0 Å². The van der Waals surface area contributed by atoms with Crippen molar-refractivity contribution in [3.63, 3.8) is 0 Å². The van der Waals surface area contributed by atoms with E-state index < -0.39 is 23.0 Å². The van der Waals surface area contributed by atoms with E-state index >= 15 is 0 Å². The monoisotopic (exact) mass is 529 g/mol. The molecule has 0 radical (unpaired) electrons. The van der Waals surface area contributed by atoms with Crippen LogP contribution in [0.3, 0.4) is 0 Å². The third kappa shape index (κ3) is 5.11. The zero-order valence-electron chi connectivity index (χ0n) is 21.4. The molecular formula is C26H32ClN5O5. The third-order valence-corrected chi connectivity index (χ3v) is 7.25. The molecule has 11 heteroatoms. The number of halogens is 1. The number of carbonyl (C=O) groups is 2. The van der Waals surface area contributed by atoms with Gasteiger partial charge in [0.2, 0.25) is 17.2 Å². The topological polar surface area (TPSA) is 120 Å². The largest absolute Gasteiger partial charge is 0.372 e. The first-order valence-electron chi connectivity index (χ1n) is 12.5. The second kappa shape index (κ2) is 9.75. The quantitative estimate of drug-likeness (QED) is 0.478. The number of aromatic amines is 2. The second-order valence-electron chi connectivity index (χ2n) is 10.6. The molecule has 0 spiro atoms. The Morgan fingerprint density at radius 2 is 1.95 bits per heavy atom. The Kier molecular flexibility index (Phi) is 6.78. The molecule has 4 heterocycles. The van der Waals surface area contributed by atoms with Gasteiger partial charge in [0.1, 0.15) is 11.7 Å². The third-order valence-electron chi connectivity index (χ3n) is 6.97. The van der Waals surface area contributed by atoms with Crippen LogP contribution in [0, 0.1) is 0 Å². The van der Waals surface area contributed by atoms with Crippen LogP contribution in [0.25, 0.3) is 21.8 Å². The number of rotatable bonds is 4. The molecule has 0 unspecified atom stereocenters. The Morgan fingerprint density at radius 3 is 2.68 bits per heavy atom. The van der Waals surface area contributed by atoms with Crippen molar-refractivity contribution in [1.29, 1.82) is 0 Å². The minimum atomic E-state index is -0.765. The molecule has 37 heavy (non-hydrogen) atoms. The van der Waals surface area contributed by atoms with E-state index in [9.17, 15) is 14.4 Å². The molecule has 2 amide bonds. The number of benzene rings is 1. The van der Waals surface area contributed by atoms with E-state index in [1.54, 1.807) is 23.4 Å². The summed E-state index contributed by atoms with van der Waals surface area (Å²) in [6, 6.07) is 2.71. The lowest BCUT2D eigenvalue weighted by Gasteiger charge is -2.43. The summed E-state index contributed by atoms with van der Waals surface area (Å²) >= 11 is 6.28. The van der Waals surface area contributed by atoms with E-state index in [2.05, 4.69) is 15.3 Å². The number of carbonyl (C=O) groups excluding carboxylic acids is 2.